The maximum Gasteiger partial charge on any atom is 0.352 e. The first-order valence-electron chi connectivity index (χ1n) is 5.51. The van der Waals surface area contributed by atoms with Crippen LogP contribution in [-0.2, 0) is 16.4 Å². The van der Waals surface area contributed by atoms with Crippen molar-refractivity contribution in [3.8, 4) is 0 Å². The van der Waals surface area contributed by atoms with Gasteiger partial charge in [0, 0.05) is 18.4 Å². The number of nitrogens with zero attached hydrogens (tertiary/aromatic N) is 1. The minimum absolute atomic E-state index is 0.0387. The molecule has 0 unspecified atom stereocenters. The third kappa shape index (κ3) is 3.69. The molecule has 0 aromatic carbocycles. The first-order chi connectivity index (χ1) is 8.37. The van der Waals surface area contributed by atoms with Crippen LogP contribution in [0.4, 0.5) is 0 Å². The van der Waals surface area contributed by atoms with Gasteiger partial charge in [-0.1, -0.05) is 13.0 Å². The molecule has 1 heterocycles. The molecule has 0 saturated heterocycles. The lowest BCUT2D eigenvalue weighted by atomic mass is 10.3. The van der Waals surface area contributed by atoms with Crippen molar-refractivity contribution in [3.05, 3.63) is 34.2 Å². The summed E-state index contributed by atoms with van der Waals surface area (Å²) in [5.41, 5.74) is -0.712. The smallest absolute Gasteiger partial charge is 0.352 e. The van der Waals surface area contributed by atoms with Crippen LogP contribution in [0.3, 0.4) is 0 Å². The van der Waals surface area contributed by atoms with Gasteiger partial charge in [0.1, 0.15) is 5.69 Å². The number of hydrogen-bond acceptors (Lipinski definition) is 4. The summed E-state index contributed by atoms with van der Waals surface area (Å²) in [4.78, 5) is 22.4. The summed E-state index contributed by atoms with van der Waals surface area (Å²) in [6.07, 6.45) is 0.498. The van der Waals surface area contributed by atoms with E-state index in [1.807, 2.05) is 0 Å². The second kappa shape index (κ2) is 5.81. The largest absolute Gasteiger partial charge is 0.477 e. The summed E-state index contributed by atoms with van der Waals surface area (Å²) in [6.45, 7) is 1.61. The zero-order valence-corrected chi connectivity index (χ0v) is 10.8. The lowest BCUT2D eigenvalue weighted by Crippen LogP contribution is -2.28. The highest BCUT2D eigenvalue weighted by atomic mass is 32.2. The zero-order valence-electron chi connectivity index (χ0n) is 10.00. The van der Waals surface area contributed by atoms with Crippen LogP contribution in [0.5, 0.6) is 0 Å². The number of rotatable bonds is 6. The van der Waals surface area contributed by atoms with E-state index in [0.717, 1.165) is 4.57 Å². The quantitative estimate of drug-likeness (QED) is 0.808. The SMILES string of the molecule is CCCS(=O)(=O)CCn1c(C(=O)O)cccc1=O. The predicted octanol–water partition coefficient (Wildman–Crippen LogP) is 0.371. The van der Waals surface area contributed by atoms with Crippen molar-refractivity contribution in [2.24, 2.45) is 0 Å². The Hall–Kier alpha value is -1.63. The average molecular weight is 273 g/mol. The summed E-state index contributed by atoms with van der Waals surface area (Å²) < 4.78 is 24.0. The van der Waals surface area contributed by atoms with Crippen molar-refractivity contribution < 1.29 is 18.3 Å². The van der Waals surface area contributed by atoms with Gasteiger partial charge >= 0.3 is 5.97 Å². The van der Waals surface area contributed by atoms with Crippen LogP contribution in [0.15, 0.2) is 23.0 Å². The Morgan fingerprint density at radius 2 is 2.00 bits per heavy atom. The van der Waals surface area contributed by atoms with E-state index in [4.69, 9.17) is 5.11 Å². The van der Waals surface area contributed by atoms with Crippen LogP contribution in [0.1, 0.15) is 23.8 Å². The van der Waals surface area contributed by atoms with Gasteiger partial charge in [-0.15, -0.1) is 0 Å². The van der Waals surface area contributed by atoms with Gasteiger partial charge < -0.3 is 9.67 Å². The number of sulfone groups is 1. The summed E-state index contributed by atoms with van der Waals surface area (Å²) in [5, 5.41) is 8.91. The Balaban J connectivity index is 2.98. The van der Waals surface area contributed by atoms with E-state index in [1.165, 1.54) is 18.2 Å². The van der Waals surface area contributed by atoms with Crippen molar-refractivity contribution in [2.45, 2.75) is 19.9 Å². The molecule has 0 radical (unpaired) electrons. The van der Waals surface area contributed by atoms with Crippen LogP contribution in [0.2, 0.25) is 0 Å². The zero-order chi connectivity index (χ0) is 13.8. The Labute approximate surface area is 105 Å². The summed E-state index contributed by atoms with van der Waals surface area (Å²) in [6, 6.07) is 3.82. The number of hydrogen-bond donors (Lipinski definition) is 1. The van der Waals surface area contributed by atoms with Crippen LogP contribution < -0.4 is 5.56 Å². The molecule has 0 amide bonds. The summed E-state index contributed by atoms with van der Waals surface area (Å²) in [7, 11) is -3.24. The van der Waals surface area contributed by atoms with E-state index >= 15 is 0 Å². The van der Waals surface area contributed by atoms with E-state index in [0.29, 0.717) is 6.42 Å². The molecule has 1 aromatic heterocycles. The van der Waals surface area contributed by atoms with Crippen molar-refractivity contribution in [2.75, 3.05) is 11.5 Å². The monoisotopic (exact) mass is 273 g/mol. The lowest BCUT2D eigenvalue weighted by Gasteiger charge is -2.09. The third-order valence-corrected chi connectivity index (χ3v) is 4.24. The Bertz CT molecular complexity index is 588. The molecule has 18 heavy (non-hydrogen) atoms. The van der Waals surface area contributed by atoms with Crippen molar-refractivity contribution >= 4 is 15.8 Å². The summed E-state index contributed by atoms with van der Waals surface area (Å²) >= 11 is 0. The fourth-order valence-corrected chi connectivity index (χ4v) is 2.87. The topological polar surface area (TPSA) is 93.4 Å². The van der Waals surface area contributed by atoms with E-state index in [-0.39, 0.29) is 23.7 Å². The van der Waals surface area contributed by atoms with Gasteiger partial charge in [-0.05, 0) is 12.5 Å². The molecule has 0 fully saturated rings. The fraction of sp³-hybridized carbons (Fsp3) is 0.455. The van der Waals surface area contributed by atoms with Gasteiger partial charge in [-0.25, -0.2) is 13.2 Å². The number of carboxylic acid groups (broad SMARTS) is 1. The predicted molar refractivity (Wildman–Crippen MR) is 66.6 cm³/mol. The minimum atomic E-state index is -3.24. The van der Waals surface area contributed by atoms with Gasteiger partial charge in [0.05, 0.1) is 5.75 Å². The van der Waals surface area contributed by atoms with Crippen molar-refractivity contribution in [1.82, 2.24) is 4.57 Å². The summed E-state index contributed by atoms with van der Waals surface area (Å²) in [5.74, 6) is -1.44. The molecule has 6 nitrogen and oxygen atoms in total. The van der Waals surface area contributed by atoms with Crippen LogP contribution >= 0.6 is 0 Å². The molecule has 0 aliphatic rings. The van der Waals surface area contributed by atoms with E-state index in [1.54, 1.807) is 6.92 Å². The molecule has 0 saturated carbocycles. The number of aromatic carboxylic acids is 1. The van der Waals surface area contributed by atoms with Gasteiger partial charge in [0.2, 0.25) is 0 Å². The molecule has 1 rings (SSSR count). The molecule has 0 spiro atoms. The average Bonchev–Trinajstić information content (AvgIpc) is 2.26. The molecular formula is C11H15NO5S. The van der Waals surface area contributed by atoms with Crippen LogP contribution in [0, 0.1) is 0 Å². The maximum atomic E-state index is 11.5. The van der Waals surface area contributed by atoms with Gasteiger partial charge in [0.15, 0.2) is 9.84 Å². The fourth-order valence-electron chi connectivity index (χ4n) is 1.58. The normalized spacial score (nSPS) is 11.4. The first kappa shape index (κ1) is 14.4. The molecule has 0 aliphatic heterocycles. The third-order valence-electron chi connectivity index (χ3n) is 2.41. The van der Waals surface area contributed by atoms with Gasteiger partial charge in [-0.2, -0.15) is 0 Å². The first-order valence-corrected chi connectivity index (χ1v) is 7.33. The molecule has 0 bridgehead atoms. The molecule has 1 aromatic rings. The maximum absolute atomic E-state index is 11.5. The van der Waals surface area contributed by atoms with E-state index in [9.17, 15) is 18.0 Å². The molecule has 0 atom stereocenters. The molecule has 1 N–H and O–H groups in total. The van der Waals surface area contributed by atoms with E-state index in [2.05, 4.69) is 0 Å². The molecular weight excluding hydrogens is 258 g/mol. The lowest BCUT2D eigenvalue weighted by molar-refractivity contribution is 0.0683. The number of carboxylic acids is 1. The van der Waals surface area contributed by atoms with E-state index < -0.39 is 21.4 Å². The van der Waals surface area contributed by atoms with Gasteiger partial charge in [0.25, 0.3) is 5.56 Å². The second-order valence-electron chi connectivity index (χ2n) is 3.86. The number of pyridine rings is 1. The number of carbonyl (C=O) groups is 1. The van der Waals surface area contributed by atoms with Gasteiger partial charge in [-0.3, -0.25) is 4.79 Å². The molecule has 100 valence electrons. The Morgan fingerprint density at radius 3 is 2.56 bits per heavy atom. The molecule has 0 aliphatic carbocycles. The van der Waals surface area contributed by atoms with Crippen LogP contribution in [-0.4, -0.2) is 35.6 Å². The highest BCUT2D eigenvalue weighted by Gasteiger charge is 2.14. The molecule has 7 heteroatoms. The highest BCUT2D eigenvalue weighted by Crippen LogP contribution is 2.00. The Morgan fingerprint density at radius 1 is 1.33 bits per heavy atom. The number of aromatic nitrogens is 1. The van der Waals surface area contributed by atoms with Crippen LogP contribution in [0.25, 0.3) is 0 Å². The van der Waals surface area contributed by atoms with Crippen molar-refractivity contribution in [1.29, 1.82) is 0 Å². The van der Waals surface area contributed by atoms with Crippen molar-refractivity contribution in [3.63, 3.8) is 0 Å². The Kier molecular flexibility index (Phi) is 4.66. The second-order valence-corrected chi connectivity index (χ2v) is 6.16. The standard InChI is InChI=1S/C11H15NO5S/c1-2-7-18(16,17)8-6-12-9(11(14)15)4-3-5-10(12)13/h3-5H,2,6-8H2,1H3,(H,14,15). The highest BCUT2D eigenvalue weighted by molar-refractivity contribution is 7.91. The minimum Gasteiger partial charge on any atom is -0.477 e.